The van der Waals surface area contributed by atoms with Crippen molar-refractivity contribution in [2.24, 2.45) is 0 Å². The van der Waals surface area contributed by atoms with Gasteiger partial charge >= 0.3 is 0 Å². The number of nitrogens with one attached hydrogen (secondary N) is 1. The Morgan fingerprint density at radius 2 is 2.04 bits per heavy atom. The fourth-order valence-electron chi connectivity index (χ4n) is 2.36. The molecule has 0 aliphatic heterocycles. The van der Waals surface area contributed by atoms with E-state index in [0.717, 1.165) is 12.0 Å². The van der Waals surface area contributed by atoms with Gasteiger partial charge in [-0.05, 0) is 36.2 Å². The van der Waals surface area contributed by atoms with Crippen LogP contribution in [-0.4, -0.2) is 24.9 Å². The molecular weight excluding hydrogens is 345 g/mol. The van der Waals surface area contributed by atoms with Gasteiger partial charge in [0.1, 0.15) is 12.4 Å². The van der Waals surface area contributed by atoms with Gasteiger partial charge in [-0.2, -0.15) is 0 Å². The van der Waals surface area contributed by atoms with E-state index in [1.807, 2.05) is 19.1 Å². The SMILES string of the molecule is CC[C@H](CO)NCc1ccc(OCc2c(F)cccc2Cl)c(OC)c1. The fourth-order valence-corrected chi connectivity index (χ4v) is 2.58. The summed E-state index contributed by atoms with van der Waals surface area (Å²) in [6, 6.07) is 10.1. The number of rotatable bonds is 9. The van der Waals surface area contributed by atoms with E-state index >= 15 is 0 Å². The van der Waals surface area contributed by atoms with Crippen LogP contribution < -0.4 is 14.8 Å². The third kappa shape index (κ3) is 5.33. The zero-order valence-electron chi connectivity index (χ0n) is 14.4. The molecule has 0 aliphatic carbocycles. The first-order chi connectivity index (χ1) is 12.1. The summed E-state index contributed by atoms with van der Waals surface area (Å²) >= 11 is 6.01. The summed E-state index contributed by atoms with van der Waals surface area (Å²) in [6.07, 6.45) is 0.845. The Bertz CT molecular complexity index is 672. The van der Waals surface area contributed by atoms with Crippen LogP contribution in [0.25, 0.3) is 0 Å². The third-order valence-corrected chi connectivity index (χ3v) is 4.32. The highest BCUT2D eigenvalue weighted by Gasteiger charge is 2.11. The number of hydrogen-bond donors (Lipinski definition) is 2. The molecule has 0 unspecified atom stereocenters. The third-order valence-electron chi connectivity index (χ3n) is 3.97. The molecular formula is C19H23ClFNO3. The van der Waals surface area contributed by atoms with E-state index in [9.17, 15) is 9.50 Å². The molecule has 4 nitrogen and oxygen atoms in total. The lowest BCUT2D eigenvalue weighted by Gasteiger charge is -2.16. The summed E-state index contributed by atoms with van der Waals surface area (Å²) in [4.78, 5) is 0. The van der Waals surface area contributed by atoms with Gasteiger partial charge in [-0.3, -0.25) is 0 Å². The molecule has 0 amide bonds. The highest BCUT2D eigenvalue weighted by molar-refractivity contribution is 6.31. The first-order valence-corrected chi connectivity index (χ1v) is 8.53. The van der Waals surface area contributed by atoms with Crippen molar-refractivity contribution in [1.82, 2.24) is 5.32 Å². The molecule has 6 heteroatoms. The molecule has 0 aromatic heterocycles. The van der Waals surface area contributed by atoms with Gasteiger partial charge in [0.15, 0.2) is 11.5 Å². The molecule has 0 saturated carbocycles. The van der Waals surface area contributed by atoms with Crippen LogP contribution in [0.1, 0.15) is 24.5 Å². The van der Waals surface area contributed by atoms with Crippen LogP contribution in [0.15, 0.2) is 36.4 Å². The Hall–Kier alpha value is -1.82. The molecule has 2 N–H and O–H groups in total. The second-order valence-electron chi connectivity index (χ2n) is 5.64. The van der Waals surface area contributed by atoms with Crippen molar-refractivity contribution in [2.45, 2.75) is 32.5 Å². The quantitative estimate of drug-likeness (QED) is 0.705. The van der Waals surface area contributed by atoms with Crippen molar-refractivity contribution in [3.05, 3.63) is 58.4 Å². The van der Waals surface area contributed by atoms with Gasteiger partial charge in [0.2, 0.25) is 0 Å². The normalized spacial score (nSPS) is 12.0. The van der Waals surface area contributed by atoms with Crippen molar-refractivity contribution >= 4 is 11.6 Å². The summed E-state index contributed by atoms with van der Waals surface area (Å²) in [5.74, 6) is 0.672. The van der Waals surface area contributed by atoms with Gasteiger partial charge in [0.05, 0.1) is 18.7 Å². The zero-order valence-corrected chi connectivity index (χ0v) is 15.1. The number of halogens is 2. The van der Waals surface area contributed by atoms with E-state index in [-0.39, 0.29) is 19.3 Å². The first-order valence-electron chi connectivity index (χ1n) is 8.15. The monoisotopic (exact) mass is 367 g/mol. The number of benzene rings is 2. The van der Waals surface area contributed by atoms with E-state index in [4.69, 9.17) is 21.1 Å². The summed E-state index contributed by atoms with van der Waals surface area (Å²) in [7, 11) is 1.55. The Labute approximate surface area is 152 Å². The maximum absolute atomic E-state index is 13.8. The standard InChI is InChI=1S/C19H23ClFNO3/c1-3-14(11-23)22-10-13-7-8-18(19(9-13)24-2)25-12-15-16(20)5-4-6-17(15)21/h4-9,14,22-23H,3,10-12H2,1-2H3/t14-/m1/s1. The second-order valence-corrected chi connectivity index (χ2v) is 6.05. The highest BCUT2D eigenvalue weighted by Crippen LogP contribution is 2.30. The lowest BCUT2D eigenvalue weighted by Crippen LogP contribution is -2.31. The van der Waals surface area contributed by atoms with Gasteiger partial charge in [-0.25, -0.2) is 4.39 Å². The molecule has 0 saturated heterocycles. The fraction of sp³-hybridized carbons (Fsp3) is 0.368. The second kappa shape index (κ2) is 9.61. The van der Waals surface area contributed by atoms with Crippen LogP contribution in [0.4, 0.5) is 4.39 Å². The van der Waals surface area contributed by atoms with Crippen molar-refractivity contribution in [2.75, 3.05) is 13.7 Å². The molecule has 0 bridgehead atoms. The number of ether oxygens (including phenoxy) is 2. The minimum atomic E-state index is -0.401. The van der Waals surface area contributed by atoms with Gasteiger partial charge in [-0.15, -0.1) is 0 Å². The smallest absolute Gasteiger partial charge is 0.161 e. The number of aliphatic hydroxyl groups excluding tert-OH is 1. The van der Waals surface area contributed by atoms with E-state index in [0.29, 0.717) is 28.6 Å². The van der Waals surface area contributed by atoms with Crippen molar-refractivity contribution in [1.29, 1.82) is 0 Å². The lowest BCUT2D eigenvalue weighted by atomic mass is 10.1. The van der Waals surface area contributed by atoms with Gasteiger partial charge in [0, 0.05) is 18.2 Å². The first kappa shape index (κ1) is 19.5. The van der Waals surface area contributed by atoms with Crippen molar-refractivity contribution in [3.63, 3.8) is 0 Å². The number of aliphatic hydroxyl groups is 1. The molecule has 2 aromatic rings. The maximum atomic E-state index is 13.8. The highest BCUT2D eigenvalue weighted by atomic mass is 35.5. The maximum Gasteiger partial charge on any atom is 0.161 e. The minimum Gasteiger partial charge on any atom is -0.493 e. The Morgan fingerprint density at radius 3 is 2.68 bits per heavy atom. The molecule has 0 spiro atoms. The topological polar surface area (TPSA) is 50.7 Å². The molecule has 0 radical (unpaired) electrons. The van der Waals surface area contributed by atoms with Gasteiger partial charge < -0.3 is 19.9 Å². The molecule has 136 valence electrons. The van der Waals surface area contributed by atoms with Gasteiger partial charge in [-0.1, -0.05) is 30.7 Å². The predicted molar refractivity (Wildman–Crippen MR) is 96.7 cm³/mol. The summed E-state index contributed by atoms with van der Waals surface area (Å²) in [5.41, 5.74) is 1.31. The van der Waals surface area contributed by atoms with Crippen LogP contribution in [0, 0.1) is 5.82 Å². The molecule has 1 atom stereocenters. The summed E-state index contributed by atoms with van der Waals surface area (Å²) < 4.78 is 24.9. The van der Waals surface area contributed by atoms with E-state index < -0.39 is 5.82 Å². The predicted octanol–water partition coefficient (Wildman–Crippen LogP) is 3.93. The lowest BCUT2D eigenvalue weighted by molar-refractivity contribution is 0.238. The summed E-state index contributed by atoms with van der Waals surface area (Å²) in [6.45, 7) is 2.73. The number of methoxy groups -OCH3 is 1. The van der Waals surface area contributed by atoms with Crippen LogP contribution >= 0.6 is 11.6 Å². The Balaban J connectivity index is 2.06. The van der Waals surface area contributed by atoms with Gasteiger partial charge in [0.25, 0.3) is 0 Å². The van der Waals surface area contributed by atoms with Crippen molar-refractivity contribution < 1.29 is 19.0 Å². The van der Waals surface area contributed by atoms with E-state index in [1.165, 1.54) is 6.07 Å². The Kier molecular flexibility index (Phi) is 7.50. The average Bonchev–Trinajstić information content (AvgIpc) is 2.62. The minimum absolute atomic E-state index is 0.0158. The van der Waals surface area contributed by atoms with Crippen LogP contribution in [0.3, 0.4) is 0 Å². The van der Waals surface area contributed by atoms with Crippen LogP contribution in [0.2, 0.25) is 5.02 Å². The molecule has 0 heterocycles. The number of hydrogen-bond acceptors (Lipinski definition) is 4. The molecule has 2 rings (SSSR count). The van der Waals surface area contributed by atoms with Crippen molar-refractivity contribution in [3.8, 4) is 11.5 Å². The molecule has 0 aliphatic rings. The van der Waals surface area contributed by atoms with Crippen LogP contribution in [0.5, 0.6) is 11.5 Å². The molecule has 0 fully saturated rings. The largest absolute Gasteiger partial charge is 0.493 e. The van der Waals surface area contributed by atoms with E-state index in [1.54, 1.807) is 25.3 Å². The molecule has 2 aromatic carbocycles. The molecule has 25 heavy (non-hydrogen) atoms. The van der Waals surface area contributed by atoms with Crippen LogP contribution in [-0.2, 0) is 13.2 Å². The van der Waals surface area contributed by atoms with E-state index in [2.05, 4.69) is 5.32 Å². The average molecular weight is 368 g/mol. The summed E-state index contributed by atoms with van der Waals surface area (Å²) in [5, 5.41) is 12.8. The zero-order chi connectivity index (χ0) is 18.2. The Morgan fingerprint density at radius 1 is 1.24 bits per heavy atom.